The standard InChI is InChI=1S/C26H37N5O2.C2H6/c1-6-7-8-18-10-20(13-21(11-18)26(3,4)5)23(32)14-30-24-17(2)9-22(12-19-15-33-16-19)28-31(24)25(27)29-30;1-2/h9-11,13,19,24H,6-8,12,14-16H2,1-5H3,(H2,27,29);1-2H3. The molecule has 3 aliphatic rings. The van der Waals surface area contributed by atoms with Crippen molar-refractivity contribution in [2.75, 3.05) is 19.8 Å². The summed E-state index contributed by atoms with van der Waals surface area (Å²) >= 11 is 0. The summed E-state index contributed by atoms with van der Waals surface area (Å²) in [5.74, 6) is 0.890. The number of hydrogen-bond acceptors (Lipinski definition) is 7. The fraction of sp³-hybridized carbons (Fsp3) is 0.607. The lowest BCUT2D eigenvalue weighted by molar-refractivity contribution is -0.0280. The molecule has 1 unspecified atom stereocenters. The number of nitrogens with two attached hydrogens (primary N) is 1. The van der Waals surface area contributed by atoms with Gasteiger partial charge in [-0.1, -0.05) is 54.0 Å². The number of ketones is 1. The Balaban J connectivity index is 0.00000167. The van der Waals surface area contributed by atoms with Gasteiger partial charge in [0.05, 0.1) is 18.9 Å². The smallest absolute Gasteiger partial charge is 0.236 e. The summed E-state index contributed by atoms with van der Waals surface area (Å²) in [7, 11) is 0. The van der Waals surface area contributed by atoms with Crippen LogP contribution in [0.25, 0.3) is 0 Å². The molecule has 0 amide bonds. The molecule has 0 bridgehead atoms. The third-order valence-electron chi connectivity index (χ3n) is 6.53. The van der Waals surface area contributed by atoms with Gasteiger partial charge in [-0.3, -0.25) is 9.80 Å². The second-order valence-electron chi connectivity index (χ2n) is 10.6. The van der Waals surface area contributed by atoms with E-state index >= 15 is 0 Å². The molecule has 0 aromatic heterocycles. The monoisotopic (exact) mass is 481 g/mol. The van der Waals surface area contributed by atoms with Gasteiger partial charge in [-0.05, 0) is 66.5 Å². The van der Waals surface area contributed by atoms with E-state index < -0.39 is 0 Å². The van der Waals surface area contributed by atoms with Crippen LogP contribution >= 0.6 is 0 Å². The van der Waals surface area contributed by atoms with E-state index in [4.69, 9.17) is 15.6 Å². The van der Waals surface area contributed by atoms with Gasteiger partial charge in [-0.15, -0.1) is 5.10 Å². The summed E-state index contributed by atoms with van der Waals surface area (Å²) in [5, 5.41) is 12.7. The molecule has 7 heteroatoms. The predicted molar refractivity (Wildman–Crippen MR) is 144 cm³/mol. The number of nitrogens with zero attached hydrogens (tertiary/aromatic N) is 4. The average Bonchev–Trinajstić information content (AvgIpc) is 3.10. The number of unbranched alkanes of at least 4 members (excludes halogenated alkanes) is 1. The zero-order valence-electron chi connectivity index (χ0n) is 22.6. The molecule has 192 valence electrons. The van der Waals surface area contributed by atoms with Crippen LogP contribution in [0.1, 0.15) is 89.2 Å². The van der Waals surface area contributed by atoms with E-state index in [1.54, 1.807) is 10.0 Å². The first-order valence-corrected chi connectivity index (χ1v) is 13.1. The van der Waals surface area contributed by atoms with Gasteiger partial charge in [-0.25, -0.2) is 5.01 Å². The van der Waals surface area contributed by atoms with E-state index in [0.29, 0.717) is 11.9 Å². The second-order valence-corrected chi connectivity index (χ2v) is 10.6. The fourth-order valence-corrected chi connectivity index (χ4v) is 4.49. The van der Waals surface area contributed by atoms with Crippen LogP contribution in [-0.2, 0) is 16.6 Å². The highest BCUT2D eigenvalue weighted by atomic mass is 16.5. The Morgan fingerprint density at radius 3 is 2.49 bits per heavy atom. The Hall–Kier alpha value is -2.67. The summed E-state index contributed by atoms with van der Waals surface area (Å²) in [6.07, 6.45) is 5.95. The SMILES string of the molecule is CC.CCCCc1cc(C(=O)CN2N=C(N)N3N=C(CC4COC4)C=C(C)C23)cc(C(C)(C)C)c1. The summed E-state index contributed by atoms with van der Waals surface area (Å²) in [4.78, 5) is 13.4. The first-order valence-electron chi connectivity index (χ1n) is 13.1. The number of allylic oxidation sites excluding steroid dienone is 1. The number of benzene rings is 1. The Labute approximate surface area is 211 Å². The predicted octanol–water partition coefficient (Wildman–Crippen LogP) is 5.06. The second kappa shape index (κ2) is 11.4. The largest absolute Gasteiger partial charge is 0.381 e. The number of ether oxygens (including phenoxy) is 1. The number of Topliss-reactive ketones (excluding diaryl/α,β-unsaturated/α-hetero) is 1. The normalized spacial score (nSPS) is 19.7. The number of carbonyl (C=O) groups is 1. The number of aryl methyl sites for hydroxylation is 1. The molecule has 1 fully saturated rings. The lowest BCUT2D eigenvalue weighted by atomic mass is 9.84. The third-order valence-corrected chi connectivity index (χ3v) is 6.53. The van der Waals surface area contributed by atoms with Gasteiger partial charge in [0, 0.05) is 11.5 Å². The van der Waals surface area contributed by atoms with Crippen LogP contribution in [-0.4, -0.2) is 53.4 Å². The van der Waals surface area contributed by atoms with Crippen molar-refractivity contribution in [1.29, 1.82) is 0 Å². The number of hydrazone groups is 2. The summed E-state index contributed by atoms with van der Waals surface area (Å²) in [6.45, 7) is 16.5. The van der Waals surface area contributed by atoms with Gasteiger partial charge < -0.3 is 10.5 Å². The first-order chi connectivity index (χ1) is 16.7. The maximum absolute atomic E-state index is 13.4. The summed E-state index contributed by atoms with van der Waals surface area (Å²) in [5.41, 5.74) is 11.4. The minimum Gasteiger partial charge on any atom is -0.381 e. The van der Waals surface area contributed by atoms with E-state index in [0.717, 1.165) is 55.7 Å². The molecular formula is C28H43N5O2. The van der Waals surface area contributed by atoms with Crippen LogP contribution < -0.4 is 5.73 Å². The van der Waals surface area contributed by atoms with Crippen LogP contribution in [0.4, 0.5) is 0 Å². The third kappa shape index (κ3) is 6.31. The first kappa shape index (κ1) is 26.9. The highest BCUT2D eigenvalue weighted by Gasteiger charge is 2.38. The molecule has 1 atom stereocenters. The van der Waals surface area contributed by atoms with E-state index in [-0.39, 0.29) is 23.9 Å². The topological polar surface area (TPSA) is 83.5 Å². The lowest BCUT2D eigenvalue weighted by Crippen LogP contribution is -2.46. The number of carbonyl (C=O) groups excluding carboxylic acids is 1. The summed E-state index contributed by atoms with van der Waals surface area (Å²) in [6, 6.07) is 6.34. The minimum atomic E-state index is -0.249. The van der Waals surface area contributed by atoms with E-state index in [9.17, 15) is 4.79 Å². The van der Waals surface area contributed by atoms with Crippen LogP contribution in [0, 0.1) is 5.92 Å². The molecule has 7 nitrogen and oxygen atoms in total. The van der Waals surface area contributed by atoms with Crippen molar-refractivity contribution in [3.63, 3.8) is 0 Å². The molecule has 1 aromatic carbocycles. The van der Waals surface area contributed by atoms with Gasteiger partial charge in [0.25, 0.3) is 0 Å². The van der Waals surface area contributed by atoms with Crippen molar-refractivity contribution in [1.82, 2.24) is 10.0 Å². The Morgan fingerprint density at radius 2 is 1.89 bits per heavy atom. The van der Waals surface area contributed by atoms with E-state index in [1.165, 1.54) is 11.1 Å². The van der Waals surface area contributed by atoms with Gasteiger partial charge in [-0.2, -0.15) is 5.10 Å². The van der Waals surface area contributed by atoms with Crippen LogP contribution in [0.15, 0.2) is 40.1 Å². The molecular weight excluding hydrogens is 438 g/mol. The van der Waals surface area contributed by atoms with E-state index in [1.807, 2.05) is 19.9 Å². The van der Waals surface area contributed by atoms with Crippen LogP contribution in [0.5, 0.6) is 0 Å². The van der Waals surface area contributed by atoms with Crippen molar-refractivity contribution < 1.29 is 9.53 Å². The highest BCUT2D eigenvalue weighted by Crippen LogP contribution is 2.29. The van der Waals surface area contributed by atoms with Crippen molar-refractivity contribution >= 4 is 17.5 Å². The molecule has 0 spiro atoms. The zero-order chi connectivity index (χ0) is 25.8. The number of fused-ring (bicyclic) bond motifs is 1. The van der Waals surface area contributed by atoms with Gasteiger partial charge in [0.1, 0.15) is 6.54 Å². The number of guanidine groups is 1. The van der Waals surface area contributed by atoms with Crippen LogP contribution in [0.3, 0.4) is 0 Å². The molecule has 3 aliphatic heterocycles. The average molecular weight is 482 g/mol. The molecule has 4 rings (SSSR count). The Kier molecular flexibility index (Phi) is 8.75. The Morgan fingerprint density at radius 1 is 1.17 bits per heavy atom. The maximum Gasteiger partial charge on any atom is 0.236 e. The molecule has 1 aromatic rings. The summed E-state index contributed by atoms with van der Waals surface area (Å²) < 4.78 is 5.29. The fourth-order valence-electron chi connectivity index (χ4n) is 4.49. The van der Waals surface area contributed by atoms with Gasteiger partial charge in [0.15, 0.2) is 11.9 Å². The van der Waals surface area contributed by atoms with Gasteiger partial charge in [0.2, 0.25) is 5.96 Å². The molecule has 0 radical (unpaired) electrons. The minimum absolute atomic E-state index is 0.0242. The molecule has 0 saturated carbocycles. The van der Waals surface area contributed by atoms with Crippen LogP contribution in [0.2, 0.25) is 0 Å². The van der Waals surface area contributed by atoms with Gasteiger partial charge >= 0.3 is 0 Å². The number of hydrogen-bond donors (Lipinski definition) is 1. The highest BCUT2D eigenvalue weighted by molar-refractivity contribution is 6.00. The zero-order valence-corrected chi connectivity index (χ0v) is 22.6. The molecule has 35 heavy (non-hydrogen) atoms. The quantitative estimate of drug-likeness (QED) is 0.525. The molecule has 1 saturated heterocycles. The lowest BCUT2D eigenvalue weighted by Gasteiger charge is -2.33. The molecule has 3 heterocycles. The molecule has 2 N–H and O–H groups in total. The van der Waals surface area contributed by atoms with Crippen molar-refractivity contribution in [3.8, 4) is 0 Å². The number of rotatable bonds is 8. The van der Waals surface area contributed by atoms with Crippen molar-refractivity contribution in [3.05, 3.63) is 46.5 Å². The van der Waals surface area contributed by atoms with Crippen molar-refractivity contribution in [2.24, 2.45) is 21.9 Å². The van der Waals surface area contributed by atoms with Crippen molar-refractivity contribution in [2.45, 2.75) is 85.7 Å². The molecule has 0 aliphatic carbocycles. The van der Waals surface area contributed by atoms with E-state index in [2.05, 4.69) is 57.9 Å². The Bertz CT molecular complexity index is 1000. The maximum atomic E-state index is 13.4.